The fourth-order valence-electron chi connectivity index (χ4n) is 2.03. The summed E-state index contributed by atoms with van der Waals surface area (Å²) in [6, 6.07) is 0. The monoisotopic (exact) mass is 290 g/mol. The van der Waals surface area contributed by atoms with Crippen LogP contribution in [0.5, 0.6) is 5.75 Å². The second kappa shape index (κ2) is 6.92. The van der Waals surface area contributed by atoms with E-state index < -0.39 is 0 Å². The topological polar surface area (TPSA) is 68.1 Å². The van der Waals surface area contributed by atoms with Crippen LogP contribution in [0.4, 0.5) is 11.6 Å². The lowest BCUT2D eigenvalue weighted by Crippen LogP contribution is -2.21. The standard InChI is InChI=1S/C14H22N6O/c1-5-6-16-13-12(21-4)14(18-10-17-13)20(3)9-11-15-7-8-19(11)2/h7-8,10H,5-6,9H2,1-4H3,(H,16,17,18). The molecule has 0 fully saturated rings. The number of methoxy groups -OCH3 is 1. The van der Waals surface area contributed by atoms with Crippen molar-refractivity contribution >= 4 is 11.6 Å². The Morgan fingerprint density at radius 2 is 2.14 bits per heavy atom. The van der Waals surface area contributed by atoms with E-state index in [0.29, 0.717) is 12.3 Å². The lowest BCUT2D eigenvalue weighted by molar-refractivity contribution is 0.412. The number of nitrogens with zero attached hydrogens (tertiary/aromatic N) is 5. The molecule has 0 aliphatic heterocycles. The van der Waals surface area contributed by atoms with Crippen LogP contribution >= 0.6 is 0 Å². The van der Waals surface area contributed by atoms with Crippen LogP contribution in [0.25, 0.3) is 0 Å². The number of aromatic nitrogens is 4. The first-order valence-corrected chi connectivity index (χ1v) is 6.97. The average Bonchev–Trinajstić information content (AvgIpc) is 2.89. The molecule has 2 aromatic heterocycles. The maximum Gasteiger partial charge on any atom is 0.204 e. The van der Waals surface area contributed by atoms with E-state index in [4.69, 9.17) is 4.74 Å². The van der Waals surface area contributed by atoms with Crippen LogP contribution in [-0.4, -0.2) is 40.2 Å². The Kier molecular flexibility index (Phi) is 4.97. The third kappa shape index (κ3) is 3.42. The van der Waals surface area contributed by atoms with Crippen LogP contribution in [0.15, 0.2) is 18.7 Å². The van der Waals surface area contributed by atoms with Gasteiger partial charge >= 0.3 is 0 Å². The van der Waals surface area contributed by atoms with Gasteiger partial charge in [-0.1, -0.05) is 6.92 Å². The summed E-state index contributed by atoms with van der Waals surface area (Å²) in [6.45, 7) is 3.59. The molecular weight excluding hydrogens is 268 g/mol. The van der Waals surface area contributed by atoms with Gasteiger partial charge in [-0.15, -0.1) is 0 Å². The smallest absolute Gasteiger partial charge is 0.204 e. The SMILES string of the molecule is CCCNc1ncnc(N(C)Cc2nccn2C)c1OC. The van der Waals surface area contributed by atoms with Crippen LogP contribution in [0.1, 0.15) is 19.2 Å². The van der Waals surface area contributed by atoms with Crippen molar-refractivity contribution in [1.29, 1.82) is 0 Å². The average molecular weight is 290 g/mol. The van der Waals surface area contributed by atoms with E-state index in [0.717, 1.165) is 30.4 Å². The van der Waals surface area contributed by atoms with E-state index in [1.165, 1.54) is 0 Å². The first-order chi connectivity index (χ1) is 10.2. The summed E-state index contributed by atoms with van der Waals surface area (Å²) in [4.78, 5) is 14.9. The molecule has 114 valence electrons. The summed E-state index contributed by atoms with van der Waals surface area (Å²) >= 11 is 0. The van der Waals surface area contributed by atoms with Crippen LogP contribution in [0, 0.1) is 0 Å². The number of aryl methyl sites for hydroxylation is 1. The number of rotatable bonds is 7. The van der Waals surface area contributed by atoms with Crippen molar-refractivity contribution in [2.24, 2.45) is 7.05 Å². The molecule has 0 bridgehead atoms. The fourth-order valence-corrected chi connectivity index (χ4v) is 2.03. The normalized spacial score (nSPS) is 10.5. The van der Waals surface area contributed by atoms with Gasteiger partial charge in [0, 0.05) is 33.0 Å². The Labute approximate surface area is 125 Å². The maximum atomic E-state index is 5.49. The lowest BCUT2D eigenvalue weighted by Gasteiger charge is -2.21. The highest BCUT2D eigenvalue weighted by molar-refractivity contribution is 5.64. The Morgan fingerprint density at radius 1 is 1.33 bits per heavy atom. The third-order valence-electron chi connectivity index (χ3n) is 3.19. The highest BCUT2D eigenvalue weighted by Gasteiger charge is 2.16. The van der Waals surface area contributed by atoms with Gasteiger partial charge in [-0.3, -0.25) is 0 Å². The molecule has 7 nitrogen and oxygen atoms in total. The van der Waals surface area contributed by atoms with Gasteiger partial charge in [-0.2, -0.15) is 0 Å². The number of imidazole rings is 1. The first kappa shape index (κ1) is 15.1. The van der Waals surface area contributed by atoms with E-state index in [1.54, 1.807) is 19.6 Å². The van der Waals surface area contributed by atoms with Gasteiger partial charge in [0.1, 0.15) is 12.2 Å². The molecule has 0 spiro atoms. The number of hydrogen-bond donors (Lipinski definition) is 1. The molecule has 0 radical (unpaired) electrons. The summed E-state index contributed by atoms with van der Waals surface area (Å²) in [5, 5.41) is 3.26. The van der Waals surface area contributed by atoms with Gasteiger partial charge < -0.3 is 19.5 Å². The highest BCUT2D eigenvalue weighted by Crippen LogP contribution is 2.31. The molecule has 2 aromatic rings. The summed E-state index contributed by atoms with van der Waals surface area (Å²) in [5.41, 5.74) is 0. The number of anilines is 2. The largest absolute Gasteiger partial charge is 0.490 e. The van der Waals surface area contributed by atoms with Gasteiger partial charge in [0.2, 0.25) is 5.75 Å². The molecule has 0 aliphatic rings. The molecule has 2 heterocycles. The molecule has 0 unspecified atom stereocenters. The van der Waals surface area contributed by atoms with Gasteiger partial charge in [0.15, 0.2) is 11.6 Å². The molecule has 0 aliphatic carbocycles. The minimum Gasteiger partial charge on any atom is -0.490 e. The molecule has 1 N–H and O–H groups in total. The number of ether oxygens (including phenoxy) is 1. The zero-order valence-electron chi connectivity index (χ0n) is 13.0. The van der Waals surface area contributed by atoms with Crippen LogP contribution in [0.3, 0.4) is 0 Å². The van der Waals surface area contributed by atoms with E-state index >= 15 is 0 Å². The molecule has 0 atom stereocenters. The zero-order chi connectivity index (χ0) is 15.2. The van der Waals surface area contributed by atoms with Crippen molar-refractivity contribution in [2.45, 2.75) is 19.9 Å². The van der Waals surface area contributed by atoms with Crippen molar-refractivity contribution in [3.63, 3.8) is 0 Å². The molecule has 7 heteroatoms. The number of hydrogen-bond acceptors (Lipinski definition) is 6. The second-order valence-electron chi connectivity index (χ2n) is 4.82. The van der Waals surface area contributed by atoms with E-state index in [9.17, 15) is 0 Å². The molecule has 0 saturated heterocycles. The molecule has 0 aromatic carbocycles. The van der Waals surface area contributed by atoms with Crippen molar-refractivity contribution < 1.29 is 4.74 Å². The molecule has 2 rings (SSSR count). The van der Waals surface area contributed by atoms with Crippen LogP contribution in [-0.2, 0) is 13.6 Å². The Bertz CT molecular complexity index is 583. The third-order valence-corrected chi connectivity index (χ3v) is 3.19. The Balaban J connectivity index is 2.23. The molecule has 21 heavy (non-hydrogen) atoms. The fraction of sp³-hybridized carbons (Fsp3) is 0.500. The lowest BCUT2D eigenvalue weighted by atomic mass is 10.4. The Morgan fingerprint density at radius 3 is 2.76 bits per heavy atom. The van der Waals surface area contributed by atoms with Crippen LogP contribution < -0.4 is 15.0 Å². The minimum atomic E-state index is 0.643. The van der Waals surface area contributed by atoms with E-state index in [-0.39, 0.29) is 0 Å². The summed E-state index contributed by atoms with van der Waals surface area (Å²) in [7, 11) is 5.57. The summed E-state index contributed by atoms with van der Waals surface area (Å²) < 4.78 is 7.47. The van der Waals surface area contributed by atoms with Gasteiger partial charge in [-0.25, -0.2) is 15.0 Å². The van der Waals surface area contributed by atoms with Crippen molar-refractivity contribution in [3.05, 3.63) is 24.5 Å². The highest BCUT2D eigenvalue weighted by atomic mass is 16.5. The molecular formula is C14H22N6O. The number of nitrogens with one attached hydrogen (secondary N) is 1. The summed E-state index contributed by atoms with van der Waals surface area (Å²) in [6.07, 6.45) is 6.28. The second-order valence-corrected chi connectivity index (χ2v) is 4.82. The quantitative estimate of drug-likeness (QED) is 0.836. The Hall–Kier alpha value is -2.31. The van der Waals surface area contributed by atoms with Crippen molar-refractivity contribution in [1.82, 2.24) is 19.5 Å². The zero-order valence-corrected chi connectivity index (χ0v) is 13.0. The minimum absolute atomic E-state index is 0.643. The predicted octanol–water partition coefficient (Wildman–Crippen LogP) is 1.68. The predicted molar refractivity (Wildman–Crippen MR) is 82.7 cm³/mol. The van der Waals surface area contributed by atoms with E-state index in [2.05, 4.69) is 27.2 Å². The van der Waals surface area contributed by atoms with Gasteiger partial charge in [0.05, 0.1) is 13.7 Å². The van der Waals surface area contributed by atoms with E-state index in [1.807, 2.05) is 29.8 Å². The van der Waals surface area contributed by atoms with Crippen LogP contribution in [0.2, 0.25) is 0 Å². The summed E-state index contributed by atoms with van der Waals surface area (Å²) in [5.74, 6) is 3.08. The first-order valence-electron chi connectivity index (χ1n) is 6.97. The van der Waals surface area contributed by atoms with Crippen molar-refractivity contribution in [2.75, 3.05) is 30.9 Å². The maximum absolute atomic E-state index is 5.49. The van der Waals surface area contributed by atoms with Gasteiger partial charge in [0.25, 0.3) is 0 Å². The molecule has 0 saturated carbocycles. The molecule has 0 amide bonds. The van der Waals surface area contributed by atoms with Crippen molar-refractivity contribution in [3.8, 4) is 5.75 Å². The van der Waals surface area contributed by atoms with Gasteiger partial charge in [-0.05, 0) is 6.42 Å².